The predicted molar refractivity (Wildman–Crippen MR) is 68.9 cm³/mol. The van der Waals surface area contributed by atoms with Crippen LogP contribution in [0, 0.1) is 0 Å². The number of halogens is 6. The molecule has 0 N–H and O–H groups in total. The van der Waals surface area contributed by atoms with Crippen LogP contribution in [0.1, 0.15) is 13.8 Å². The van der Waals surface area contributed by atoms with Crippen molar-refractivity contribution in [3.63, 3.8) is 0 Å². The monoisotopic (exact) mass is 413 g/mol. The molecule has 0 aromatic heterocycles. The molecule has 0 bridgehead atoms. The summed E-state index contributed by atoms with van der Waals surface area (Å²) in [5.74, 6) is -1.13. The van der Waals surface area contributed by atoms with Gasteiger partial charge in [0.25, 0.3) is 5.67 Å². The summed E-state index contributed by atoms with van der Waals surface area (Å²) in [6, 6.07) is 0. The van der Waals surface area contributed by atoms with Gasteiger partial charge in [-0.3, -0.25) is 4.79 Å². The van der Waals surface area contributed by atoms with Crippen LogP contribution in [0.25, 0.3) is 0 Å². The highest BCUT2D eigenvalue weighted by Gasteiger charge is 2.77. The molecule has 0 amide bonds. The minimum absolute atomic E-state index is 0.112. The van der Waals surface area contributed by atoms with Crippen LogP contribution in [0.3, 0.4) is 0 Å². The highest BCUT2D eigenvalue weighted by atomic mass is 33.1. The van der Waals surface area contributed by atoms with Crippen LogP contribution in [0.4, 0.5) is 26.3 Å². The molecule has 0 saturated heterocycles. The molecule has 0 rings (SSSR count). The molecule has 0 aliphatic rings. The van der Waals surface area contributed by atoms with Crippen LogP contribution < -0.4 is 0 Å². The Morgan fingerprint density at radius 2 is 1.30 bits per heavy atom. The lowest BCUT2D eigenvalue weighted by Gasteiger charge is -2.25. The average Bonchev–Trinajstić information content (AvgIpc) is 2.23. The Hall–Kier alpha value is -0.620. The summed E-state index contributed by atoms with van der Waals surface area (Å²) in [4.78, 5) is 10.7. The molecule has 1 atom stereocenters. The number of rotatable bonds is 5. The number of hydrogen-bond acceptors (Lipinski definition) is 6. The van der Waals surface area contributed by atoms with Gasteiger partial charge in [0.1, 0.15) is 12.3 Å². The van der Waals surface area contributed by atoms with Gasteiger partial charge in [-0.05, 0) is 6.92 Å². The van der Waals surface area contributed by atoms with Gasteiger partial charge >= 0.3 is 35.9 Å². The topological polar surface area (TPSA) is 94.6 Å². The maximum Gasteiger partial charge on any atom is 0.532 e. The van der Waals surface area contributed by atoms with Gasteiger partial charge in [-0.25, -0.2) is 0 Å². The van der Waals surface area contributed by atoms with Crippen LogP contribution in [0.2, 0.25) is 0 Å². The summed E-state index contributed by atoms with van der Waals surface area (Å²) in [5, 5.41) is 0. The first-order chi connectivity index (χ1) is 9.81. The van der Waals surface area contributed by atoms with E-state index in [0.29, 0.717) is 0 Å². The molecule has 138 valence electrons. The highest BCUT2D eigenvalue weighted by Crippen LogP contribution is 2.74. The Morgan fingerprint density at radius 3 is 1.52 bits per heavy atom. The number of carbonyl (C=O) groups excluding carboxylic acids is 1. The van der Waals surface area contributed by atoms with E-state index in [1.807, 2.05) is 0 Å². The molecule has 1 unspecified atom stereocenters. The smallest absolute Gasteiger partial charge is 0.459 e. The van der Waals surface area contributed by atoms with E-state index in [0.717, 1.165) is 13.8 Å². The van der Waals surface area contributed by atoms with E-state index < -0.39 is 53.8 Å². The Kier molecular flexibility index (Phi) is 6.18. The number of alkyl halides is 6. The van der Waals surface area contributed by atoms with E-state index in [9.17, 15) is 48.0 Å². The van der Waals surface area contributed by atoms with E-state index in [2.05, 4.69) is 4.74 Å². The zero-order valence-electron chi connectivity index (χ0n) is 11.8. The van der Waals surface area contributed by atoms with Gasteiger partial charge in [-0.15, -0.1) is 0 Å². The van der Waals surface area contributed by atoms with Crippen molar-refractivity contribution < 1.29 is 52.7 Å². The summed E-state index contributed by atoms with van der Waals surface area (Å²) in [7, 11) is -13.4. The minimum atomic E-state index is -6.70. The fourth-order valence-electron chi connectivity index (χ4n) is 1.55. The van der Waals surface area contributed by atoms with Crippen LogP contribution in [0.5, 0.6) is 0 Å². The first-order valence-electron chi connectivity index (χ1n) is 5.47. The third-order valence-corrected chi connectivity index (χ3v) is 18.7. The van der Waals surface area contributed by atoms with E-state index in [1.54, 1.807) is 0 Å². The first-order valence-corrected chi connectivity index (χ1v) is 12.1. The molecule has 0 aromatic carbocycles. The van der Waals surface area contributed by atoms with Crippen molar-refractivity contribution in [2.75, 3.05) is 12.8 Å². The zero-order valence-corrected chi connectivity index (χ0v) is 14.3. The molecular weight excluding hydrogens is 401 g/mol. The van der Waals surface area contributed by atoms with Crippen molar-refractivity contribution in [2.24, 2.45) is 0 Å². The molecular formula is C8H12F6O6PS2+. The van der Waals surface area contributed by atoms with Crippen molar-refractivity contribution in [2.45, 2.75) is 31.0 Å². The Morgan fingerprint density at radius 1 is 1.00 bits per heavy atom. The summed E-state index contributed by atoms with van der Waals surface area (Å²) >= 11 is 0. The van der Waals surface area contributed by atoms with Gasteiger partial charge in [-0.1, -0.05) is 0 Å². The lowest BCUT2D eigenvalue weighted by atomic mass is 10.5. The maximum absolute atomic E-state index is 12.7. The van der Waals surface area contributed by atoms with Crippen LogP contribution in [-0.2, 0) is 28.4 Å². The fraction of sp³-hybridized carbons (Fsp3) is 0.875. The average molecular weight is 413 g/mol. The summed E-state index contributed by atoms with van der Waals surface area (Å²) < 4.78 is 126. The number of ether oxygens (including phenoxy) is 1. The highest BCUT2D eigenvalue weighted by molar-refractivity contribution is 8.89. The van der Waals surface area contributed by atoms with Crippen LogP contribution >= 0.6 is 5.67 Å². The molecule has 0 fully saturated rings. The zero-order chi connectivity index (χ0) is 19.1. The van der Waals surface area contributed by atoms with E-state index in [-0.39, 0.29) is 6.66 Å². The molecule has 0 spiro atoms. The normalized spacial score (nSPS) is 16.0. The molecule has 0 aliphatic heterocycles. The SMILES string of the molecule is CC(=O)OC(C)C[P+](C)(S(=O)(=O)C(F)(F)F)S(=O)(=O)C(F)(F)F. The van der Waals surface area contributed by atoms with E-state index in [1.165, 1.54) is 0 Å². The van der Waals surface area contributed by atoms with Gasteiger partial charge in [-0.2, -0.15) is 43.2 Å². The second-order valence-corrected chi connectivity index (χ2v) is 18.1. The molecule has 15 heteroatoms. The Labute approximate surface area is 127 Å². The van der Waals surface area contributed by atoms with Gasteiger partial charge in [0, 0.05) is 6.92 Å². The second-order valence-electron chi connectivity index (χ2n) is 4.46. The molecule has 6 nitrogen and oxygen atoms in total. The fourth-order valence-corrected chi connectivity index (χ4v) is 13.8. The number of esters is 1. The second kappa shape index (κ2) is 6.36. The predicted octanol–water partition coefficient (Wildman–Crippen LogP) is 2.28. The van der Waals surface area contributed by atoms with Gasteiger partial charge in [0.15, 0.2) is 0 Å². The van der Waals surface area contributed by atoms with Crippen molar-refractivity contribution in [1.29, 1.82) is 0 Å². The lowest BCUT2D eigenvalue weighted by molar-refractivity contribution is -0.144. The van der Waals surface area contributed by atoms with E-state index >= 15 is 0 Å². The summed E-state index contributed by atoms with van der Waals surface area (Å²) in [6.45, 7) is 1.44. The first kappa shape index (κ1) is 22.4. The molecule has 0 aliphatic carbocycles. The Balaban J connectivity index is 6.41. The van der Waals surface area contributed by atoms with Gasteiger partial charge in [0.2, 0.25) is 0 Å². The van der Waals surface area contributed by atoms with Crippen molar-refractivity contribution in [3.05, 3.63) is 0 Å². The van der Waals surface area contributed by atoms with Gasteiger partial charge in [0.05, 0.1) is 6.66 Å². The number of hydrogen-bond donors (Lipinski definition) is 0. The van der Waals surface area contributed by atoms with E-state index in [4.69, 9.17) is 0 Å². The minimum Gasteiger partial charge on any atom is -0.459 e. The molecule has 0 radical (unpaired) electrons. The number of carbonyl (C=O) groups is 1. The molecule has 23 heavy (non-hydrogen) atoms. The largest absolute Gasteiger partial charge is 0.532 e. The molecule has 0 aromatic rings. The molecule has 0 saturated carbocycles. The van der Waals surface area contributed by atoms with Crippen LogP contribution in [-0.4, -0.2) is 52.8 Å². The third kappa shape index (κ3) is 4.08. The standard InChI is InChI=1S/C8H12F6O6PS2/c1-5(20-6(2)15)4-21(3,22(16,17)7(9,10)11)23(18,19)8(12,13)14/h5H,4H2,1-3H3/q+1. The summed E-state index contributed by atoms with van der Waals surface area (Å²) in [5.41, 5.74) is -18.3. The van der Waals surface area contributed by atoms with Crippen molar-refractivity contribution in [3.8, 4) is 0 Å². The summed E-state index contributed by atoms with van der Waals surface area (Å²) in [6.07, 6.45) is -3.43. The van der Waals surface area contributed by atoms with Crippen molar-refractivity contribution >= 4 is 30.5 Å². The maximum atomic E-state index is 12.7. The van der Waals surface area contributed by atoms with Crippen LogP contribution in [0.15, 0.2) is 0 Å². The molecule has 0 heterocycles. The quantitative estimate of drug-likeness (QED) is 0.390. The van der Waals surface area contributed by atoms with Gasteiger partial charge < -0.3 is 4.74 Å². The Bertz CT molecular complexity index is 620. The lowest BCUT2D eigenvalue weighted by Crippen LogP contribution is -2.38. The van der Waals surface area contributed by atoms with Crippen molar-refractivity contribution in [1.82, 2.24) is 0 Å². The third-order valence-electron chi connectivity index (χ3n) is 2.56.